The third-order valence-corrected chi connectivity index (χ3v) is 4.07. The van der Waals surface area contributed by atoms with Crippen LogP contribution < -0.4 is 21.7 Å². The van der Waals surface area contributed by atoms with Crippen LogP contribution in [0.3, 0.4) is 0 Å². The van der Waals surface area contributed by atoms with Crippen molar-refractivity contribution in [2.45, 2.75) is 45.2 Å². The second-order valence-corrected chi connectivity index (χ2v) is 6.07. The molecule has 1 aliphatic rings. The lowest BCUT2D eigenvalue weighted by molar-refractivity contribution is -0.124. The Hall–Kier alpha value is -2.33. The Labute approximate surface area is 143 Å². The van der Waals surface area contributed by atoms with Gasteiger partial charge in [0.05, 0.1) is 17.8 Å². The predicted molar refractivity (Wildman–Crippen MR) is 95.3 cm³/mol. The minimum absolute atomic E-state index is 0.0342. The largest absolute Gasteiger partial charge is 0.369 e. The van der Waals surface area contributed by atoms with Crippen molar-refractivity contribution in [3.63, 3.8) is 0 Å². The quantitative estimate of drug-likeness (QED) is 0.573. The maximum Gasteiger partial charge on any atom is 0.237 e. The fourth-order valence-electron chi connectivity index (χ4n) is 2.36. The average molecular weight is 330 g/mol. The molecule has 7 nitrogen and oxygen atoms in total. The lowest BCUT2D eigenvalue weighted by Crippen LogP contribution is -2.49. The molecule has 1 atom stereocenters. The number of nitrogens with two attached hydrogens (primary N) is 1. The molecule has 0 spiro atoms. The van der Waals surface area contributed by atoms with E-state index in [9.17, 15) is 4.79 Å². The van der Waals surface area contributed by atoms with E-state index in [-0.39, 0.29) is 29.9 Å². The van der Waals surface area contributed by atoms with Gasteiger partial charge in [-0.05, 0) is 33.2 Å². The third-order valence-electron chi connectivity index (χ3n) is 4.07. The fraction of sp³-hybridized carbons (Fsp3) is 0.588. The first-order chi connectivity index (χ1) is 11.5. The van der Waals surface area contributed by atoms with Crippen LogP contribution >= 0.6 is 0 Å². The van der Waals surface area contributed by atoms with E-state index < -0.39 is 0 Å². The molecule has 0 bridgehead atoms. The number of aromatic nitrogens is 2. The van der Waals surface area contributed by atoms with Gasteiger partial charge in [0.1, 0.15) is 5.82 Å². The van der Waals surface area contributed by atoms with Gasteiger partial charge in [0.25, 0.3) is 0 Å². The fourth-order valence-corrected chi connectivity index (χ4v) is 2.36. The molecule has 1 amide bonds. The number of carbonyl (C=O) groups is 1. The van der Waals surface area contributed by atoms with Gasteiger partial charge in [0, 0.05) is 18.5 Å². The molecule has 130 valence electrons. The number of nitrogen functional groups attached to an aromatic ring is 1. The molecule has 1 fully saturated rings. The van der Waals surface area contributed by atoms with E-state index in [0.29, 0.717) is 5.82 Å². The van der Waals surface area contributed by atoms with E-state index in [2.05, 4.69) is 44.7 Å². The van der Waals surface area contributed by atoms with E-state index in [0.717, 1.165) is 31.4 Å². The summed E-state index contributed by atoms with van der Waals surface area (Å²) in [6.07, 6.45) is 4.40. The summed E-state index contributed by atoms with van der Waals surface area (Å²) in [5.41, 5.74) is 6.40. The molecule has 2 rings (SSSR count). The van der Waals surface area contributed by atoms with Crippen LogP contribution in [0.2, 0.25) is 0 Å². The van der Waals surface area contributed by atoms with Gasteiger partial charge in [0.15, 0.2) is 0 Å². The number of likely N-dealkylation sites (N-methyl/N-ethyl adjacent to an activating group) is 1. The maximum atomic E-state index is 11.8. The lowest BCUT2D eigenvalue weighted by Gasteiger charge is -2.33. The molecule has 0 unspecified atom stereocenters. The zero-order valence-electron chi connectivity index (χ0n) is 14.5. The number of anilines is 2. The SMILES string of the molecule is CCCNc1nc(N)ncc1C#CC1CC(NC(=O)[C@H](C)NC)C1. The summed E-state index contributed by atoms with van der Waals surface area (Å²) >= 11 is 0. The monoisotopic (exact) mass is 330 g/mol. The molecule has 1 heterocycles. The number of nitrogens with one attached hydrogen (secondary N) is 3. The first-order valence-corrected chi connectivity index (χ1v) is 8.39. The molecular formula is C17H26N6O. The molecule has 1 aliphatic carbocycles. The summed E-state index contributed by atoms with van der Waals surface area (Å²) in [5, 5.41) is 9.17. The number of amides is 1. The van der Waals surface area contributed by atoms with Crippen LogP contribution in [-0.2, 0) is 4.79 Å². The van der Waals surface area contributed by atoms with Crippen molar-refractivity contribution in [1.82, 2.24) is 20.6 Å². The third kappa shape index (κ3) is 4.83. The number of hydrogen-bond donors (Lipinski definition) is 4. The minimum atomic E-state index is -0.172. The van der Waals surface area contributed by atoms with Gasteiger partial charge in [-0.15, -0.1) is 0 Å². The van der Waals surface area contributed by atoms with Gasteiger partial charge < -0.3 is 21.7 Å². The molecule has 7 heteroatoms. The van der Waals surface area contributed by atoms with E-state index in [4.69, 9.17) is 5.73 Å². The highest BCUT2D eigenvalue weighted by atomic mass is 16.2. The van der Waals surface area contributed by atoms with Crippen molar-refractivity contribution < 1.29 is 4.79 Å². The van der Waals surface area contributed by atoms with Crippen molar-refractivity contribution in [3.05, 3.63) is 11.8 Å². The minimum Gasteiger partial charge on any atom is -0.369 e. The van der Waals surface area contributed by atoms with Crippen molar-refractivity contribution in [3.8, 4) is 11.8 Å². The highest BCUT2D eigenvalue weighted by Crippen LogP contribution is 2.27. The molecule has 0 aliphatic heterocycles. The van der Waals surface area contributed by atoms with Crippen LogP contribution in [-0.4, -0.2) is 41.6 Å². The van der Waals surface area contributed by atoms with Crippen molar-refractivity contribution in [2.75, 3.05) is 24.6 Å². The zero-order valence-corrected chi connectivity index (χ0v) is 14.5. The zero-order chi connectivity index (χ0) is 17.5. The Morgan fingerprint density at radius 1 is 1.50 bits per heavy atom. The number of hydrogen-bond acceptors (Lipinski definition) is 6. The Morgan fingerprint density at radius 3 is 2.92 bits per heavy atom. The highest BCUT2D eigenvalue weighted by Gasteiger charge is 2.29. The topological polar surface area (TPSA) is 105 Å². The van der Waals surface area contributed by atoms with E-state index in [1.165, 1.54) is 0 Å². The van der Waals surface area contributed by atoms with Crippen LogP contribution in [0, 0.1) is 17.8 Å². The van der Waals surface area contributed by atoms with Crippen LogP contribution in [0.25, 0.3) is 0 Å². The Kier molecular flexibility index (Phi) is 6.38. The van der Waals surface area contributed by atoms with E-state index >= 15 is 0 Å². The van der Waals surface area contributed by atoms with Gasteiger partial charge in [0.2, 0.25) is 11.9 Å². The summed E-state index contributed by atoms with van der Waals surface area (Å²) in [4.78, 5) is 20.0. The van der Waals surface area contributed by atoms with Crippen LogP contribution in [0.5, 0.6) is 0 Å². The van der Waals surface area contributed by atoms with Gasteiger partial charge in [-0.2, -0.15) is 4.98 Å². The van der Waals surface area contributed by atoms with Crippen molar-refractivity contribution >= 4 is 17.7 Å². The summed E-state index contributed by atoms with van der Waals surface area (Å²) in [6.45, 7) is 4.74. The summed E-state index contributed by atoms with van der Waals surface area (Å²) in [5.74, 6) is 7.63. The van der Waals surface area contributed by atoms with E-state index in [1.807, 2.05) is 6.92 Å². The Balaban J connectivity index is 1.90. The molecule has 0 aromatic carbocycles. The number of nitrogens with zero attached hydrogens (tertiary/aromatic N) is 2. The average Bonchev–Trinajstić information content (AvgIpc) is 2.54. The Bertz CT molecular complexity index is 630. The summed E-state index contributed by atoms with van der Waals surface area (Å²) in [7, 11) is 1.78. The Morgan fingerprint density at radius 2 is 2.25 bits per heavy atom. The first-order valence-electron chi connectivity index (χ1n) is 8.39. The number of rotatable bonds is 6. The molecule has 1 saturated carbocycles. The van der Waals surface area contributed by atoms with Gasteiger partial charge >= 0.3 is 0 Å². The molecule has 0 radical (unpaired) electrons. The molecule has 24 heavy (non-hydrogen) atoms. The van der Waals surface area contributed by atoms with Crippen LogP contribution in [0.4, 0.5) is 11.8 Å². The van der Waals surface area contributed by atoms with Gasteiger partial charge in [-0.3, -0.25) is 4.79 Å². The number of carbonyl (C=O) groups excluding carboxylic acids is 1. The summed E-state index contributed by atoms with van der Waals surface area (Å²) in [6, 6.07) is 0.0437. The predicted octanol–water partition coefficient (Wildman–Crippen LogP) is 0.735. The molecular weight excluding hydrogens is 304 g/mol. The lowest BCUT2D eigenvalue weighted by atomic mass is 9.80. The highest BCUT2D eigenvalue weighted by molar-refractivity contribution is 5.81. The summed E-state index contributed by atoms with van der Waals surface area (Å²) < 4.78 is 0. The first kappa shape index (κ1) is 18.0. The second kappa shape index (κ2) is 8.50. The van der Waals surface area contributed by atoms with Gasteiger partial charge in [-0.1, -0.05) is 18.8 Å². The maximum absolute atomic E-state index is 11.8. The van der Waals surface area contributed by atoms with Crippen molar-refractivity contribution in [1.29, 1.82) is 0 Å². The van der Waals surface area contributed by atoms with E-state index in [1.54, 1.807) is 13.2 Å². The smallest absolute Gasteiger partial charge is 0.237 e. The normalized spacial score (nSPS) is 20.3. The molecule has 5 N–H and O–H groups in total. The van der Waals surface area contributed by atoms with Crippen LogP contribution in [0.1, 0.15) is 38.7 Å². The van der Waals surface area contributed by atoms with Crippen molar-refractivity contribution in [2.24, 2.45) is 5.92 Å². The van der Waals surface area contributed by atoms with Crippen LogP contribution in [0.15, 0.2) is 6.20 Å². The molecule has 1 aromatic rings. The molecule has 0 saturated heterocycles. The van der Waals surface area contributed by atoms with Gasteiger partial charge in [-0.25, -0.2) is 4.98 Å². The molecule has 1 aromatic heterocycles. The second-order valence-electron chi connectivity index (χ2n) is 6.07. The standard InChI is InChI=1S/C17H26N6O/c1-4-7-20-15-13(10-21-17(18)23-15)6-5-12-8-14(9-12)22-16(24)11(2)19-3/h10-12,14,19H,4,7-9H2,1-3H3,(H,22,24)(H3,18,20,21,23)/t11-,12?,14?/m0/s1.